The summed E-state index contributed by atoms with van der Waals surface area (Å²) < 4.78 is 11.1. The number of nitrogens with one attached hydrogen (secondary N) is 1. The molecule has 2 aromatic carbocycles. The van der Waals surface area contributed by atoms with Crippen molar-refractivity contribution in [2.75, 3.05) is 19.0 Å². The van der Waals surface area contributed by atoms with E-state index < -0.39 is 17.1 Å². The van der Waals surface area contributed by atoms with E-state index in [0.29, 0.717) is 28.7 Å². The summed E-state index contributed by atoms with van der Waals surface area (Å²) in [6, 6.07) is 12.8. The molecule has 1 aliphatic heterocycles. The molecule has 8 heteroatoms. The predicted octanol–water partition coefficient (Wildman–Crippen LogP) is 5.28. The maximum atomic E-state index is 12.8. The Morgan fingerprint density at radius 1 is 1.06 bits per heavy atom. The van der Waals surface area contributed by atoms with Crippen molar-refractivity contribution in [2.24, 2.45) is 0 Å². The number of imide groups is 1. The van der Waals surface area contributed by atoms with Crippen LogP contribution in [-0.2, 0) is 9.59 Å². The SMILES string of the molecule is COc1cc(/C=C2\SC(=O)N(CC(=O)Nc3ccc(C(C)C)cc3)C2=O)ccc1OC(C)C. The van der Waals surface area contributed by atoms with Crippen molar-refractivity contribution < 1.29 is 23.9 Å². The lowest BCUT2D eigenvalue weighted by Gasteiger charge is -2.14. The zero-order chi connectivity index (χ0) is 24.1. The smallest absolute Gasteiger partial charge is 0.294 e. The van der Waals surface area contributed by atoms with E-state index in [0.717, 1.165) is 22.2 Å². The Balaban J connectivity index is 1.68. The van der Waals surface area contributed by atoms with Crippen molar-refractivity contribution in [1.82, 2.24) is 4.90 Å². The molecule has 1 heterocycles. The van der Waals surface area contributed by atoms with E-state index in [1.165, 1.54) is 7.11 Å². The van der Waals surface area contributed by atoms with Gasteiger partial charge in [0.05, 0.1) is 18.1 Å². The fourth-order valence-electron chi connectivity index (χ4n) is 3.21. The molecule has 2 aromatic rings. The van der Waals surface area contributed by atoms with Crippen LogP contribution in [0.1, 0.15) is 44.7 Å². The van der Waals surface area contributed by atoms with Crippen molar-refractivity contribution in [3.8, 4) is 11.5 Å². The zero-order valence-corrected chi connectivity index (χ0v) is 20.2. The number of methoxy groups -OCH3 is 1. The van der Waals surface area contributed by atoms with Gasteiger partial charge >= 0.3 is 0 Å². The normalized spacial score (nSPS) is 15.0. The Morgan fingerprint density at radius 2 is 1.76 bits per heavy atom. The van der Waals surface area contributed by atoms with Crippen molar-refractivity contribution in [3.05, 3.63) is 58.5 Å². The molecule has 3 amide bonds. The number of thioether (sulfide) groups is 1. The van der Waals surface area contributed by atoms with Crippen LogP contribution in [0.4, 0.5) is 10.5 Å². The minimum atomic E-state index is -0.503. The molecule has 0 unspecified atom stereocenters. The summed E-state index contributed by atoms with van der Waals surface area (Å²) in [6.07, 6.45) is 1.59. The fraction of sp³-hybridized carbons (Fsp3) is 0.320. The third kappa shape index (κ3) is 6.16. The molecule has 1 aliphatic rings. The lowest BCUT2D eigenvalue weighted by molar-refractivity contribution is -0.127. The van der Waals surface area contributed by atoms with E-state index in [9.17, 15) is 14.4 Å². The Labute approximate surface area is 198 Å². The number of anilines is 1. The van der Waals surface area contributed by atoms with Crippen LogP contribution in [0.5, 0.6) is 11.5 Å². The van der Waals surface area contributed by atoms with E-state index in [4.69, 9.17) is 9.47 Å². The number of carbonyl (C=O) groups excluding carboxylic acids is 3. The van der Waals surface area contributed by atoms with Crippen LogP contribution in [0, 0.1) is 0 Å². The number of amides is 3. The Bertz CT molecular complexity index is 1080. The topological polar surface area (TPSA) is 84.9 Å². The number of nitrogens with zero attached hydrogens (tertiary/aromatic N) is 1. The van der Waals surface area contributed by atoms with Crippen LogP contribution >= 0.6 is 11.8 Å². The number of hydrogen-bond acceptors (Lipinski definition) is 6. The molecule has 0 spiro atoms. The van der Waals surface area contributed by atoms with Crippen molar-refractivity contribution in [2.45, 2.75) is 39.7 Å². The van der Waals surface area contributed by atoms with Crippen LogP contribution < -0.4 is 14.8 Å². The lowest BCUT2D eigenvalue weighted by Crippen LogP contribution is -2.36. The molecule has 0 saturated carbocycles. The van der Waals surface area contributed by atoms with Gasteiger partial charge in [0, 0.05) is 5.69 Å². The second kappa shape index (κ2) is 10.6. The predicted molar refractivity (Wildman–Crippen MR) is 131 cm³/mol. The highest BCUT2D eigenvalue weighted by atomic mass is 32.2. The Kier molecular flexibility index (Phi) is 7.81. The van der Waals surface area contributed by atoms with Gasteiger partial charge < -0.3 is 14.8 Å². The molecule has 0 bridgehead atoms. The van der Waals surface area contributed by atoms with Gasteiger partial charge in [-0.1, -0.05) is 32.0 Å². The summed E-state index contributed by atoms with van der Waals surface area (Å²) in [6.45, 7) is 7.66. The molecule has 174 valence electrons. The molecule has 33 heavy (non-hydrogen) atoms. The Morgan fingerprint density at radius 3 is 2.36 bits per heavy atom. The maximum absolute atomic E-state index is 12.8. The first-order valence-corrected chi connectivity index (χ1v) is 11.5. The molecule has 0 aliphatic carbocycles. The zero-order valence-electron chi connectivity index (χ0n) is 19.4. The average Bonchev–Trinajstić information content (AvgIpc) is 3.02. The summed E-state index contributed by atoms with van der Waals surface area (Å²) in [5.41, 5.74) is 2.45. The summed E-state index contributed by atoms with van der Waals surface area (Å²) in [5.74, 6) is 0.565. The highest BCUT2D eigenvalue weighted by Crippen LogP contribution is 2.34. The van der Waals surface area contributed by atoms with Gasteiger partial charge in [0.15, 0.2) is 11.5 Å². The van der Waals surface area contributed by atoms with Gasteiger partial charge in [0.1, 0.15) is 6.54 Å². The lowest BCUT2D eigenvalue weighted by atomic mass is 10.0. The minimum Gasteiger partial charge on any atom is -0.493 e. The van der Waals surface area contributed by atoms with E-state index >= 15 is 0 Å². The molecule has 1 fully saturated rings. The maximum Gasteiger partial charge on any atom is 0.294 e. The molecule has 0 aromatic heterocycles. The van der Waals surface area contributed by atoms with Crippen molar-refractivity contribution >= 4 is 40.6 Å². The molecule has 3 rings (SSSR count). The molecule has 1 N–H and O–H groups in total. The monoisotopic (exact) mass is 468 g/mol. The molecule has 0 radical (unpaired) electrons. The largest absolute Gasteiger partial charge is 0.493 e. The molecular formula is C25H28N2O5S. The number of hydrogen-bond donors (Lipinski definition) is 1. The summed E-state index contributed by atoms with van der Waals surface area (Å²) >= 11 is 0.805. The standard InChI is InChI=1S/C25H28N2O5S/c1-15(2)18-7-9-19(10-8-18)26-23(28)14-27-24(29)22(33-25(27)30)13-17-6-11-20(32-16(3)4)21(12-17)31-5/h6-13,15-16H,14H2,1-5H3,(H,26,28)/b22-13-. The number of rotatable bonds is 8. The molecular weight excluding hydrogens is 440 g/mol. The van der Waals surface area contributed by atoms with E-state index in [1.807, 2.05) is 26.0 Å². The van der Waals surface area contributed by atoms with Gasteiger partial charge in [-0.3, -0.25) is 19.3 Å². The summed E-state index contributed by atoms with van der Waals surface area (Å²) in [7, 11) is 1.54. The van der Waals surface area contributed by atoms with Crippen LogP contribution in [0.3, 0.4) is 0 Å². The van der Waals surface area contributed by atoms with Gasteiger partial charge in [-0.15, -0.1) is 0 Å². The minimum absolute atomic E-state index is 0.0134. The summed E-state index contributed by atoms with van der Waals surface area (Å²) in [5, 5.41) is 2.25. The Hall–Kier alpha value is -3.26. The average molecular weight is 469 g/mol. The second-order valence-corrected chi connectivity index (χ2v) is 9.16. The number of ether oxygens (including phenoxy) is 2. The van der Waals surface area contributed by atoms with Crippen molar-refractivity contribution in [1.29, 1.82) is 0 Å². The quantitative estimate of drug-likeness (QED) is 0.531. The number of carbonyl (C=O) groups is 3. The molecule has 7 nitrogen and oxygen atoms in total. The first-order valence-electron chi connectivity index (χ1n) is 10.7. The molecule has 0 atom stereocenters. The van der Waals surface area contributed by atoms with E-state index in [2.05, 4.69) is 19.2 Å². The summed E-state index contributed by atoms with van der Waals surface area (Å²) in [4.78, 5) is 38.8. The fourth-order valence-corrected chi connectivity index (χ4v) is 4.05. The van der Waals surface area contributed by atoms with Gasteiger partial charge in [-0.25, -0.2) is 0 Å². The third-order valence-corrected chi connectivity index (χ3v) is 5.79. The van der Waals surface area contributed by atoms with Gasteiger partial charge in [0.25, 0.3) is 11.1 Å². The first kappa shape index (κ1) is 24.4. The number of benzene rings is 2. The highest BCUT2D eigenvalue weighted by molar-refractivity contribution is 8.18. The van der Waals surface area contributed by atoms with Crippen molar-refractivity contribution in [3.63, 3.8) is 0 Å². The third-order valence-electron chi connectivity index (χ3n) is 4.88. The van der Waals surface area contributed by atoms with Crippen LogP contribution in [0.25, 0.3) is 6.08 Å². The van der Waals surface area contributed by atoms with Crippen LogP contribution in [0.15, 0.2) is 47.4 Å². The van der Waals surface area contributed by atoms with E-state index in [1.54, 1.807) is 36.4 Å². The van der Waals surface area contributed by atoms with Crippen LogP contribution in [0.2, 0.25) is 0 Å². The van der Waals surface area contributed by atoms with Gasteiger partial charge in [0.2, 0.25) is 5.91 Å². The second-order valence-electron chi connectivity index (χ2n) is 8.17. The van der Waals surface area contributed by atoms with E-state index in [-0.39, 0.29) is 17.6 Å². The van der Waals surface area contributed by atoms with Gasteiger partial charge in [-0.05, 0) is 73.0 Å². The van der Waals surface area contributed by atoms with Crippen LogP contribution in [-0.4, -0.2) is 41.7 Å². The van der Waals surface area contributed by atoms with Gasteiger partial charge in [-0.2, -0.15) is 0 Å². The highest BCUT2D eigenvalue weighted by Gasteiger charge is 2.36. The first-order chi connectivity index (χ1) is 15.7. The molecule has 1 saturated heterocycles.